The molecular weight excluding hydrogens is 404 g/mol. The van der Waals surface area contributed by atoms with Crippen LogP contribution in [-0.4, -0.2) is 56.7 Å². The van der Waals surface area contributed by atoms with Crippen molar-refractivity contribution in [1.29, 1.82) is 0 Å². The Kier molecular flexibility index (Phi) is 5.69. The summed E-state index contributed by atoms with van der Waals surface area (Å²) in [6, 6.07) is 3.13. The van der Waals surface area contributed by atoms with Gasteiger partial charge in [0, 0.05) is 49.4 Å². The van der Waals surface area contributed by atoms with Crippen molar-refractivity contribution >= 4 is 11.7 Å². The summed E-state index contributed by atoms with van der Waals surface area (Å²) in [5.74, 6) is 3.15. The average molecular weight is 437 g/mol. The van der Waals surface area contributed by atoms with Gasteiger partial charge in [0.1, 0.15) is 18.2 Å². The molecule has 0 spiro atoms. The van der Waals surface area contributed by atoms with Gasteiger partial charge < -0.3 is 9.80 Å². The summed E-state index contributed by atoms with van der Waals surface area (Å²) in [6.45, 7) is 7.48. The number of anilines is 1. The molecular formula is C24H32N6O2. The van der Waals surface area contributed by atoms with E-state index in [-0.39, 0.29) is 23.9 Å². The van der Waals surface area contributed by atoms with Crippen molar-refractivity contribution in [3.63, 3.8) is 0 Å². The third kappa shape index (κ3) is 4.40. The van der Waals surface area contributed by atoms with Crippen LogP contribution >= 0.6 is 0 Å². The molecule has 170 valence electrons. The highest BCUT2D eigenvalue weighted by atomic mass is 16.2. The second kappa shape index (κ2) is 8.64. The summed E-state index contributed by atoms with van der Waals surface area (Å²) in [6.07, 6.45) is 6.65. The zero-order valence-corrected chi connectivity index (χ0v) is 19.1. The number of piperidine rings is 1. The van der Waals surface area contributed by atoms with E-state index in [0.717, 1.165) is 61.3 Å². The van der Waals surface area contributed by atoms with Gasteiger partial charge in [-0.05, 0) is 64.4 Å². The Morgan fingerprint density at radius 3 is 2.59 bits per heavy atom. The lowest BCUT2D eigenvalue weighted by molar-refractivity contribution is -0.133. The van der Waals surface area contributed by atoms with Crippen LogP contribution in [0.2, 0.25) is 0 Å². The third-order valence-electron chi connectivity index (χ3n) is 7.04. The highest BCUT2D eigenvalue weighted by Gasteiger charge is 2.31. The molecule has 0 radical (unpaired) electrons. The molecule has 1 aliphatic carbocycles. The minimum absolute atomic E-state index is 0.00421. The van der Waals surface area contributed by atoms with E-state index in [4.69, 9.17) is 9.97 Å². The zero-order chi connectivity index (χ0) is 22.2. The average Bonchev–Trinajstić information content (AvgIpc) is 3.61. The van der Waals surface area contributed by atoms with Crippen LogP contribution in [0.15, 0.2) is 16.9 Å². The third-order valence-corrected chi connectivity index (χ3v) is 7.04. The van der Waals surface area contributed by atoms with Crippen LogP contribution in [0.4, 0.5) is 5.82 Å². The van der Waals surface area contributed by atoms with Gasteiger partial charge in [-0.15, -0.1) is 0 Å². The monoisotopic (exact) mass is 436 g/mol. The molecule has 1 saturated heterocycles. The topological polar surface area (TPSA) is 84.2 Å². The van der Waals surface area contributed by atoms with Crippen molar-refractivity contribution in [2.75, 3.05) is 31.1 Å². The summed E-state index contributed by atoms with van der Waals surface area (Å²) in [5, 5.41) is 4.18. The van der Waals surface area contributed by atoms with E-state index in [1.807, 2.05) is 11.8 Å². The fourth-order valence-electron chi connectivity index (χ4n) is 4.96. The first-order chi connectivity index (χ1) is 15.5. The first-order valence-electron chi connectivity index (χ1n) is 11.9. The number of aromatic nitrogens is 4. The number of fused-ring (bicyclic) bond motifs is 1. The molecule has 0 unspecified atom stereocenters. The van der Waals surface area contributed by atoms with Crippen molar-refractivity contribution in [2.24, 2.45) is 5.92 Å². The number of carbonyl (C=O) groups is 1. The summed E-state index contributed by atoms with van der Waals surface area (Å²) in [4.78, 5) is 39.0. The van der Waals surface area contributed by atoms with E-state index in [2.05, 4.69) is 16.9 Å². The Hall–Kier alpha value is -2.77. The second-order valence-corrected chi connectivity index (χ2v) is 9.59. The Bertz CT molecular complexity index is 1070. The number of nitrogens with zero attached hydrogens (tertiary/aromatic N) is 6. The zero-order valence-electron chi connectivity index (χ0n) is 19.1. The normalized spacial score (nSPS) is 19.2. The van der Waals surface area contributed by atoms with Crippen molar-refractivity contribution < 1.29 is 4.79 Å². The molecule has 2 aromatic heterocycles. The Morgan fingerprint density at radius 2 is 1.84 bits per heavy atom. The predicted molar refractivity (Wildman–Crippen MR) is 122 cm³/mol. The fraction of sp³-hybridized carbons (Fsp3) is 0.625. The standard InChI is InChI=1S/C24H32N6O2/c1-16-5-8-21(31)30(27-16)15-22(32)28-12-9-19(10-13-28)23-25-17(2)20-4-3-11-29(24(20)26-23)14-18-6-7-18/h5,8,18-19H,3-4,6-7,9-15H2,1-2H3. The number of rotatable bonds is 5. The molecule has 4 heterocycles. The molecule has 2 fully saturated rings. The first kappa shape index (κ1) is 21.1. The van der Waals surface area contributed by atoms with Crippen LogP contribution in [0, 0.1) is 19.8 Å². The fourth-order valence-corrected chi connectivity index (χ4v) is 4.96. The van der Waals surface area contributed by atoms with Crippen LogP contribution in [0.25, 0.3) is 0 Å². The predicted octanol–water partition coefficient (Wildman–Crippen LogP) is 2.22. The van der Waals surface area contributed by atoms with Crippen molar-refractivity contribution in [3.05, 3.63) is 45.3 Å². The SMILES string of the molecule is Cc1ccc(=O)n(CC(=O)N2CCC(c3nc(C)c4c(n3)N(CC3CC3)CCC4)CC2)n1. The van der Waals surface area contributed by atoms with E-state index in [9.17, 15) is 9.59 Å². The Balaban J connectivity index is 1.26. The number of likely N-dealkylation sites (tertiary alicyclic amines) is 1. The van der Waals surface area contributed by atoms with E-state index >= 15 is 0 Å². The molecule has 0 N–H and O–H groups in total. The molecule has 8 nitrogen and oxygen atoms in total. The quantitative estimate of drug-likeness (QED) is 0.715. The maximum atomic E-state index is 12.8. The molecule has 8 heteroatoms. The molecule has 3 aliphatic rings. The maximum Gasteiger partial charge on any atom is 0.267 e. The molecule has 2 aromatic rings. The number of aryl methyl sites for hydroxylation is 2. The lowest BCUT2D eigenvalue weighted by Gasteiger charge is -2.34. The largest absolute Gasteiger partial charge is 0.356 e. The smallest absolute Gasteiger partial charge is 0.267 e. The number of hydrogen-bond donors (Lipinski definition) is 0. The van der Waals surface area contributed by atoms with Crippen LogP contribution in [0.3, 0.4) is 0 Å². The van der Waals surface area contributed by atoms with Crippen LogP contribution in [0.5, 0.6) is 0 Å². The lowest BCUT2D eigenvalue weighted by Crippen LogP contribution is -2.42. The minimum Gasteiger partial charge on any atom is -0.356 e. The van der Waals surface area contributed by atoms with Gasteiger partial charge in [-0.3, -0.25) is 9.59 Å². The van der Waals surface area contributed by atoms with Crippen LogP contribution in [0.1, 0.15) is 60.8 Å². The number of amides is 1. The van der Waals surface area contributed by atoms with Gasteiger partial charge in [0.15, 0.2) is 0 Å². The summed E-state index contributed by atoms with van der Waals surface area (Å²) in [7, 11) is 0. The van der Waals surface area contributed by atoms with E-state index in [1.54, 1.807) is 6.07 Å². The summed E-state index contributed by atoms with van der Waals surface area (Å²) in [5.41, 5.74) is 2.93. The Morgan fingerprint density at radius 1 is 1.06 bits per heavy atom. The molecule has 0 atom stereocenters. The molecule has 5 rings (SSSR count). The van der Waals surface area contributed by atoms with Gasteiger partial charge >= 0.3 is 0 Å². The van der Waals surface area contributed by atoms with E-state index in [1.165, 1.54) is 35.6 Å². The molecule has 1 amide bonds. The highest BCUT2D eigenvalue weighted by Crippen LogP contribution is 2.36. The summed E-state index contributed by atoms with van der Waals surface area (Å²) < 4.78 is 1.26. The van der Waals surface area contributed by atoms with Gasteiger partial charge in [0.05, 0.1) is 5.69 Å². The van der Waals surface area contributed by atoms with E-state index in [0.29, 0.717) is 13.1 Å². The Labute approximate surface area is 188 Å². The van der Waals surface area contributed by atoms with Gasteiger partial charge in [-0.2, -0.15) is 5.10 Å². The van der Waals surface area contributed by atoms with Gasteiger partial charge in [-0.1, -0.05) is 0 Å². The van der Waals surface area contributed by atoms with Gasteiger partial charge in [0.25, 0.3) is 5.56 Å². The van der Waals surface area contributed by atoms with Crippen LogP contribution < -0.4 is 10.5 Å². The van der Waals surface area contributed by atoms with Crippen molar-refractivity contribution in [1.82, 2.24) is 24.6 Å². The van der Waals surface area contributed by atoms with Crippen molar-refractivity contribution in [3.8, 4) is 0 Å². The highest BCUT2D eigenvalue weighted by molar-refractivity contribution is 5.76. The second-order valence-electron chi connectivity index (χ2n) is 9.59. The van der Waals surface area contributed by atoms with E-state index < -0.39 is 0 Å². The first-order valence-corrected chi connectivity index (χ1v) is 11.9. The molecule has 1 saturated carbocycles. The van der Waals surface area contributed by atoms with Gasteiger partial charge in [-0.25, -0.2) is 14.6 Å². The van der Waals surface area contributed by atoms with Gasteiger partial charge in [0.2, 0.25) is 5.91 Å². The molecule has 0 bridgehead atoms. The molecule has 2 aliphatic heterocycles. The maximum absolute atomic E-state index is 12.8. The molecule has 0 aromatic carbocycles. The minimum atomic E-state index is -0.243. The van der Waals surface area contributed by atoms with Crippen molar-refractivity contribution in [2.45, 2.75) is 64.8 Å². The number of carbonyl (C=O) groups excluding carboxylic acids is 1. The van der Waals surface area contributed by atoms with Crippen LogP contribution in [-0.2, 0) is 17.8 Å². The molecule has 32 heavy (non-hydrogen) atoms. The lowest BCUT2D eigenvalue weighted by atomic mass is 9.95. The number of hydrogen-bond acceptors (Lipinski definition) is 6. The summed E-state index contributed by atoms with van der Waals surface area (Å²) >= 11 is 0.